The lowest BCUT2D eigenvalue weighted by atomic mass is 9.48. The van der Waals surface area contributed by atoms with E-state index in [0.29, 0.717) is 24.2 Å². The molecule has 4 rings (SSSR count). The Hall–Kier alpha value is -0.870. The van der Waals surface area contributed by atoms with Crippen molar-refractivity contribution in [2.75, 3.05) is 0 Å². The third kappa shape index (κ3) is 2.08. The Labute approximate surface area is 144 Å². The molecule has 4 heteroatoms. The molecule has 0 spiro atoms. The van der Waals surface area contributed by atoms with E-state index in [4.69, 9.17) is 0 Å². The first-order valence-electron chi connectivity index (χ1n) is 9.64. The summed E-state index contributed by atoms with van der Waals surface area (Å²) in [5.41, 5.74) is 0.974. The predicted molar refractivity (Wildman–Crippen MR) is 91.8 cm³/mol. The standard InChI is InChI=1S/C20H31NO3/c1-11(22)13-5-6-14-12-4-7-16-19(2,9-8-17(24)21-16)18(12)15(23)10-20(13,14)3/h7,11-15,18,22-23H,4-6,8-10H2,1-3H3,(H,21,24)/t11?,12?,13-,14?,15+,18?,19+,20-/m1/s1. The van der Waals surface area contributed by atoms with Crippen LogP contribution in [-0.4, -0.2) is 28.3 Å². The molecule has 3 fully saturated rings. The third-order valence-corrected chi connectivity index (χ3v) is 8.20. The molecule has 4 unspecified atom stereocenters. The molecule has 1 amide bonds. The molecule has 0 radical (unpaired) electrons. The van der Waals surface area contributed by atoms with Crippen molar-refractivity contribution < 1.29 is 15.0 Å². The van der Waals surface area contributed by atoms with E-state index in [-0.39, 0.29) is 34.9 Å². The SMILES string of the molecule is CC(O)[C@H]1CCC2C3CC=C4NC(=O)CC[C@]4(C)C3[C@@H](O)C[C@@]21C. The zero-order valence-corrected chi connectivity index (χ0v) is 15.1. The number of rotatable bonds is 1. The monoisotopic (exact) mass is 333 g/mol. The van der Waals surface area contributed by atoms with E-state index in [1.165, 1.54) is 0 Å². The van der Waals surface area contributed by atoms with Gasteiger partial charge in [-0.3, -0.25) is 4.79 Å². The summed E-state index contributed by atoms with van der Waals surface area (Å²) in [6.07, 6.45) is 6.93. The van der Waals surface area contributed by atoms with E-state index in [2.05, 4.69) is 25.2 Å². The van der Waals surface area contributed by atoms with Gasteiger partial charge >= 0.3 is 0 Å². The molecule has 4 aliphatic rings. The van der Waals surface area contributed by atoms with Crippen LogP contribution in [0.4, 0.5) is 0 Å². The van der Waals surface area contributed by atoms with Gasteiger partial charge in [0.2, 0.25) is 5.91 Å². The largest absolute Gasteiger partial charge is 0.393 e. The zero-order chi connectivity index (χ0) is 17.3. The smallest absolute Gasteiger partial charge is 0.224 e. The topological polar surface area (TPSA) is 69.6 Å². The second-order valence-electron chi connectivity index (χ2n) is 9.32. The van der Waals surface area contributed by atoms with Gasteiger partial charge in [-0.15, -0.1) is 0 Å². The highest BCUT2D eigenvalue weighted by Crippen LogP contribution is 2.65. The highest BCUT2D eigenvalue weighted by molar-refractivity contribution is 5.79. The van der Waals surface area contributed by atoms with Gasteiger partial charge in [-0.05, 0) is 68.1 Å². The van der Waals surface area contributed by atoms with Crippen molar-refractivity contribution in [1.29, 1.82) is 0 Å². The minimum Gasteiger partial charge on any atom is -0.393 e. The normalized spacial score (nSPS) is 51.8. The van der Waals surface area contributed by atoms with Gasteiger partial charge in [-0.2, -0.15) is 0 Å². The van der Waals surface area contributed by atoms with Crippen LogP contribution in [0.1, 0.15) is 59.3 Å². The summed E-state index contributed by atoms with van der Waals surface area (Å²) < 4.78 is 0. The summed E-state index contributed by atoms with van der Waals surface area (Å²) in [6.45, 7) is 6.45. The number of hydrogen-bond donors (Lipinski definition) is 3. The summed E-state index contributed by atoms with van der Waals surface area (Å²) in [4.78, 5) is 11.8. The van der Waals surface area contributed by atoms with Gasteiger partial charge in [0.05, 0.1) is 12.2 Å². The van der Waals surface area contributed by atoms with Crippen LogP contribution >= 0.6 is 0 Å². The molecular formula is C20H31NO3. The first kappa shape index (κ1) is 16.6. The van der Waals surface area contributed by atoms with Gasteiger partial charge in [0.25, 0.3) is 0 Å². The lowest BCUT2D eigenvalue weighted by molar-refractivity contribution is -0.140. The fourth-order valence-electron chi connectivity index (χ4n) is 7.16. The average Bonchev–Trinajstić information content (AvgIpc) is 2.84. The molecule has 1 saturated heterocycles. The Morgan fingerprint density at radius 3 is 2.79 bits per heavy atom. The van der Waals surface area contributed by atoms with Crippen LogP contribution in [0.15, 0.2) is 11.8 Å². The van der Waals surface area contributed by atoms with E-state index in [0.717, 1.165) is 37.8 Å². The minimum absolute atomic E-state index is 0.0361. The molecule has 1 heterocycles. The molecule has 0 aromatic heterocycles. The molecule has 3 N–H and O–H groups in total. The summed E-state index contributed by atoms with van der Waals surface area (Å²) in [5, 5.41) is 24.5. The number of fused-ring (bicyclic) bond motifs is 5. The number of nitrogens with one attached hydrogen (secondary N) is 1. The number of carbonyl (C=O) groups is 1. The van der Waals surface area contributed by atoms with Crippen molar-refractivity contribution in [1.82, 2.24) is 5.32 Å². The summed E-state index contributed by atoms with van der Waals surface area (Å²) in [7, 11) is 0. The van der Waals surface area contributed by atoms with Gasteiger partial charge in [0.1, 0.15) is 0 Å². The number of aliphatic hydroxyl groups is 2. The molecule has 4 nitrogen and oxygen atoms in total. The molecule has 0 aromatic rings. The molecule has 2 saturated carbocycles. The number of hydrogen-bond acceptors (Lipinski definition) is 3. The number of amides is 1. The van der Waals surface area contributed by atoms with Crippen LogP contribution in [0.25, 0.3) is 0 Å². The molecule has 3 aliphatic carbocycles. The van der Waals surface area contributed by atoms with Crippen LogP contribution < -0.4 is 5.32 Å². The third-order valence-electron chi connectivity index (χ3n) is 8.20. The second-order valence-corrected chi connectivity index (χ2v) is 9.32. The number of piperidine rings is 1. The van der Waals surface area contributed by atoms with Crippen LogP contribution in [0.3, 0.4) is 0 Å². The lowest BCUT2D eigenvalue weighted by Gasteiger charge is -2.59. The van der Waals surface area contributed by atoms with Crippen molar-refractivity contribution in [3.63, 3.8) is 0 Å². The van der Waals surface area contributed by atoms with E-state index in [1.54, 1.807) is 0 Å². The average molecular weight is 333 g/mol. The van der Waals surface area contributed by atoms with Crippen molar-refractivity contribution in [2.24, 2.45) is 34.5 Å². The van der Waals surface area contributed by atoms with Gasteiger partial charge in [-0.1, -0.05) is 19.9 Å². The van der Waals surface area contributed by atoms with Crippen molar-refractivity contribution in [2.45, 2.75) is 71.5 Å². The van der Waals surface area contributed by atoms with Crippen LogP contribution in [0.2, 0.25) is 0 Å². The van der Waals surface area contributed by atoms with Crippen molar-refractivity contribution in [3.8, 4) is 0 Å². The van der Waals surface area contributed by atoms with Crippen LogP contribution in [0.5, 0.6) is 0 Å². The quantitative estimate of drug-likeness (QED) is 0.691. The molecule has 24 heavy (non-hydrogen) atoms. The molecule has 1 aliphatic heterocycles. The highest BCUT2D eigenvalue weighted by atomic mass is 16.3. The number of carbonyl (C=O) groups excluding carboxylic acids is 1. The van der Waals surface area contributed by atoms with E-state index in [9.17, 15) is 15.0 Å². The Morgan fingerprint density at radius 2 is 2.08 bits per heavy atom. The summed E-state index contributed by atoms with van der Waals surface area (Å²) in [6, 6.07) is 0. The zero-order valence-electron chi connectivity index (χ0n) is 15.1. The maximum Gasteiger partial charge on any atom is 0.224 e. The van der Waals surface area contributed by atoms with Crippen molar-refractivity contribution in [3.05, 3.63) is 11.8 Å². The molecular weight excluding hydrogens is 302 g/mol. The highest BCUT2D eigenvalue weighted by Gasteiger charge is 2.62. The van der Waals surface area contributed by atoms with Gasteiger partial charge in [-0.25, -0.2) is 0 Å². The van der Waals surface area contributed by atoms with Gasteiger partial charge in [0, 0.05) is 17.5 Å². The Morgan fingerprint density at radius 1 is 1.33 bits per heavy atom. The second kappa shape index (κ2) is 5.31. The fourth-order valence-corrected chi connectivity index (χ4v) is 7.16. The van der Waals surface area contributed by atoms with Crippen LogP contribution in [-0.2, 0) is 4.79 Å². The molecule has 0 bridgehead atoms. The Bertz CT molecular complexity index is 585. The van der Waals surface area contributed by atoms with E-state index in [1.807, 2.05) is 6.92 Å². The number of allylic oxidation sites excluding steroid dienone is 2. The molecule has 8 atom stereocenters. The molecule has 0 aromatic carbocycles. The summed E-state index contributed by atoms with van der Waals surface area (Å²) in [5.74, 6) is 1.66. The summed E-state index contributed by atoms with van der Waals surface area (Å²) >= 11 is 0. The Kier molecular flexibility index (Phi) is 3.67. The maximum absolute atomic E-state index is 11.8. The number of aliphatic hydroxyl groups excluding tert-OH is 2. The molecule has 134 valence electrons. The van der Waals surface area contributed by atoms with Gasteiger partial charge in [0.15, 0.2) is 0 Å². The van der Waals surface area contributed by atoms with Gasteiger partial charge < -0.3 is 15.5 Å². The first-order valence-corrected chi connectivity index (χ1v) is 9.64. The van der Waals surface area contributed by atoms with Crippen LogP contribution in [0, 0.1) is 34.5 Å². The van der Waals surface area contributed by atoms with E-state index < -0.39 is 0 Å². The predicted octanol–water partition coefficient (Wildman–Crippen LogP) is 2.60. The minimum atomic E-state index is -0.348. The van der Waals surface area contributed by atoms with E-state index >= 15 is 0 Å². The lowest BCUT2D eigenvalue weighted by Crippen LogP contribution is -2.58. The Balaban J connectivity index is 1.71. The van der Waals surface area contributed by atoms with Crippen molar-refractivity contribution >= 4 is 5.91 Å². The first-order chi connectivity index (χ1) is 11.3. The maximum atomic E-state index is 11.8. The fraction of sp³-hybridized carbons (Fsp3) is 0.850.